The zero-order valence-corrected chi connectivity index (χ0v) is 44.1. The molecular weight excluding hydrogens is 1130 g/mol. The fourth-order valence-electron chi connectivity index (χ4n) is 7.22. The van der Waals surface area contributed by atoms with Crippen LogP contribution in [-0.2, 0) is 37.0 Å². The largest absolute Gasteiger partial charge is 0.462 e. The van der Waals surface area contributed by atoms with E-state index in [1.807, 2.05) is 0 Å². The number of rotatable bonds is 18. The molecule has 1 atom stereocenters. The van der Waals surface area contributed by atoms with Crippen molar-refractivity contribution in [2.45, 2.75) is 74.3 Å². The summed E-state index contributed by atoms with van der Waals surface area (Å²) in [5.41, 5.74) is 7.53. The van der Waals surface area contributed by atoms with E-state index in [0.717, 1.165) is 72.8 Å². The first-order chi connectivity index (χ1) is 38.7. The number of para-hydroxylation sites is 2. The van der Waals surface area contributed by atoms with Crippen LogP contribution >= 0.6 is 0 Å². The maximum atomic E-state index is 14.9. The van der Waals surface area contributed by atoms with E-state index < -0.39 is 125 Å². The number of hydrogen-bond donors (Lipinski definition) is 6. The molecule has 0 saturated carbocycles. The third kappa shape index (κ3) is 18.7. The Bertz CT molecular complexity index is 3280. The number of nitrogens with two attached hydrogens (primary N) is 2. The van der Waals surface area contributed by atoms with Crippen molar-refractivity contribution in [1.29, 1.82) is 0 Å². The third-order valence-corrected chi connectivity index (χ3v) is 10.8. The number of hydrogen-bond acceptors (Lipinski definition) is 13. The van der Waals surface area contributed by atoms with E-state index in [0.29, 0.717) is 21.9 Å². The van der Waals surface area contributed by atoms with Crippen LogP contribution in [0.2, 0.25) is 0 Å². The molecule has 452 valence electrons. The molecule has 4 aromatic carbocycles. The summed E-state index contributed by atoms with van der Waals surface area (Å²) in [4.78, 5) is 82.4. The van der Waals surface area contributed by atoms with E-state index in [4.69, 9.17) is 35.5 Å². The Morgan fingerprint density at radius 2 is 0.976 bits per heavy atom. The van der Waals surface area contributed by atoms with Gasteiger partial charge in [-0.2, -0.15) is 0 Å². The molecular formula is C56H61F8N9O11. The molecule has 8 N–H and O–H groups in total. The number of esters is 1. The first-order valence-corrected chi connectivity index (χ1v) is 24.3. The van der Waals surface area contributed by atoms with Crippen molar-refractivity contribution in [1.82, 2.24) is 25.9 Å². The summed E-state index contributed by atoms with van der Waals surface area (Å²) in [7, 11) is 0. The number of ether oxygens (including phenoxy) is 4. The Morgan fingerprint density at radius 1 is 0.571 bits per heavy atom. The molecule has 0 aliphatic rings. The lowest BCUT2D eigenvalue weighted by molar-refractivity contribution is -0.147. The normalized spacial score (nSPS) is 11.0. The molecule has 6 rings (SSSR count). The SMILES string of the molecule is C.C.CC(C)[C@H](NC(=O)OC(C)(C)C)C(=O)OCCNC(=O)OCc1ccc(N(C(N)=O)c2c(F)cccc2F)nc1-c1ccc(F)cc1F.NC(=O)N(c1ccc(COC(=O)NCCO)c(-c2ccc(F)cc2F)n1)c1c(F)cccc1F. The number of alkyl carbamates (subject to hydrolysis) is 3. The van der Waals surface area contributed by atoms with Gasteiger partial charge in [0, 0.05) is 40.9 Å². The van der Waals surface area contributed by atoms with Crippen molar-refractivity contribution in [3.63, 3.8) is 0 Å². The Labute approximate surface area is 477 Å². The lowest BCUT2D eigenvalue weighted by Crippen LogP contribution is -2.47. The van der Waals surface area contributed by atoms with Crippen molar-refractivity contribution in [3.8, 4) is 22.5 Å². The summed E-state index contributed by atoms with van der Waals surface area (Å²) in [5, 5.41) is 15.8. The summed E-state index contributed by atoms with van der Waals surface area (Å²) in [6, 6.07) is 12.1. The summed E-state index contributed by atoms with van der Waals surface area (Å²) in [6.45, 7) is 6.53. The van der Waals surface area contributed by atoms with Crippen molar-refractivity contribution in [2.75, 3.05) is 36.1 Å². The monoisotopic (exact) mass is 1190 g/mol. The number of aliphatic hydroxyl groups is 1. The molecule has 2 aromatic heterocycles. The van der Waals surface area contributed by atoms with Crippen molar-refractivity contribution < 1.29 is 87.9 Å². The van der Waals surface area contributed by atoms with Gasteiger partial charge in [0.25, 0.3) is 0 Å². The molecule has 84 heavy (non-hydrogen) atoms. The van der Waals surface area contributed by atoms with Gasteiger partial charge in [-0.25, -0.2) is 83.7 Å². The number of nitrogens with zero attached hydrogens (tertiary/aromatic N) is 4. The lowest BCUT2D eigenvalue weighted by atomic mass is 10.1. The molecule has 2 heterocycles. The summed E-state index contributed by atoms with van der Waals surface area (Å²) in [6.07, 6.45) is -2.68. The van der Waals surface area contributed by atoms with Crippen LogP contribution in [0.5, 0.6) is 0 Å². The van der Waals surface area contributed by atoms with Crippen LogP contribution in [0.15, 0.2) is 97.1 Å². The first kappa shape index (κ1) is 68.7. The number of aliphatic hydroxyl groups excluding tert-OH is 1. The standard InChI is InChI=1S/C32H35F4N5O7.C22H18F4N4O4.2CH4/c1-17(2)25(40-31(45)48-32(3,4)5)28(42)46-14-13-38-30(44)47-16-18-9-12-24(39-26(18)20-11-10-19(33)15-23(20)36)41(29(37)43)27-21(34)7-6-8-22(27)35;23-13-5-6-14(17(26)10-13)19-12(11-34-22(33)28-8-9-31)4-7-18(29-19)30(21(27)32)20-15(24)2-1-3-16(20)25;;/h6-12,15,17,25H,13-14,16H2,1-5H3,(H2,37,43)(H,38,44)(H,40,45);1-7,10,31H,8-9,11H2,(H2,27,32)(H,28,33);2*1H4/t25-;;;/m0.../s1. The van der Waals surface area contributed by atoms with Crippen LogP contribution in [0.4, 0.5) is 82.1 Å². The number of urea groups is 2. The Kier molecular flexibility index (Phi) is 25.3. The van der Waals surface area contributed by atoms with Gasteiger partial charge in [-0.3, -0.25) is 0 Å². The number of anilines is 4. The second kappa shape index (κ2) is 31.0. The van der Waals surface area contributed by atoms with Crippen molar-refractivity contribution in [3.05, 3.63) is 155 Å². The quantitative estimate of drug-likeness (QED) is 0.0202. The van der Waals surface area contributed by atoms with Crippen LogP contribution in [-0.4, -0.2) is 89.3 Å². The van der Waals surface area contributed by atoms with Gasteiger partial charge in [0.05, 0.1) is 24.5 Å². The van der Waals surface area contributed by atoms with E-state index in [-0.39, 0.29) is 86.5 Å². The smallest absolute Gasteiger partial charge is 0.408 e. The highest BCUT2D eigenvalue weighted by Gasteiger charge is 2.30. The molecule has 0 radical (unpaired) electrons. The molecule has 0 bridgehead atoms. The first-order valence-electron chi connectivity index (χ1n) is 24.3. The highest BCUT2D eigenvalue weighted by molar-refractivity contribution is 5.99. The van der Waals surface area contributed by atoms with Crippen molar-refractivity contribution in [2.24, 2.45) is 17.4 Å². The summed E-state index contributed by atoms with van der Waals surface area (Å²) in [5.74, 6) is -10.3. The number of amides is 7. The minimum atomic E-state index is -1.32. The minimum Gasteiger partial charge on any atom is -0.462 e. The highest BCUT2D eigenvalue weighted by Crippen LogP contribution is 2.36. The van der Waals surface area contributed by atoms with E-state index >= 15 is 0 Å². The molecule has 0 spiro atoms. The Balaban J connectivity index is 0.000000453. The second-order valence-corrected chi connectivity index (χ2v) is 18.4. The van der Waals surface area contributed by atoms with Gasteiger partial charge in [-0.15, -0.1) is 0 Å². The maximum absolute atomic E-state index is 14.9. The average Bonchev–Trinajstić information content (AvgIpc) is 1.40. The molecule has 20 nitrogen and oxygen atoms in total. The summed E-state index contributed by atoms with van der Waals surface area (Å²) >= 11 is 0. The number of carbonyl (C=O) groups excluding carboxylic acids is 6. The van der Waals surface area contributed by atoms with Gasteiger partial charge in [0.2, 0.25) is 0 Å². The second-order valence-electron chi connectivity index (χ2n) is 18.4. The Morgan fingerprint density at radius 3 is 1.33 bits per heavy atom. The minimum absolute atomic E-state index is 0. The van der Waals surface area contributed by atoms with Crippen LogP contribution in [0.1, 0.15) is 60.6 Å². The molecule has 0 aliphatic heterocycles. The van der Waals surface area contributed by atoms with Crippen LogP contribution in [0.25, 0.3) is 22.5 Å². The number of carbonyl (C=O) groups is 6. The van der Waals surface area contributed by atoms with E-state index in [9.17, 15) is 63.9 Å². The van der Waals surface area contributed by atoms with Gasteiger partial charge in [0.15, 0.2) is 0 Å². The molecule has 28 heteroatoms. The average molecular weight is 1190 g/mol. The number of benzene rings is 4. The lowest BCUT2D eigenvalue weighted by Gasteiger charge is -2.24. The van der Waals surface area contributed by atoms with Gasteiger partial charge >= 0.3 is 36.3 Å². The van der Waals surface area contributed by atoms with E-state index in [1.54, 1.807) is 34.6 Å². The van der Waals surface area contributed by atoms with Crippen LogP contribution < -0.4 is 37.2 Å². The number of pyridine rings is 2. The van der Waals surface area contributed by atoms with Gasteiger partial charge in [-0.1, -0.05) is 40.8 Å². The van der Waals surface area contributed by atoms with Gasteiger partial charge in [-0.05, 0) is 99.5 Å². The van der Waals surface area contributed by atoms with E-state index in [1.165, 1.54) is 12.1 Å². The fourth-order valence-corrected chi connectivity index (χ4v) is 7.22. The zero-order valence-electron chi connectivity index (χ0n) is 44.1. The zero-order chi connectivity index (χ0) is 60.6. The summed E-state index contributed by atoms with van der Waals surface area (Å²) < 4.78 is 135. The highest BCUT2D eigenvalue weighted by atomic mass is 19.2. The predicted molar refractivity (Wildman–Crippen MR) is 291 cm³/mol. The molecule has 0 unspecified atom stereocenters. The van der Waals surface area contributed by atoms with Gasteiger partial charge in [0.1, 0.15) is 101 Å². The van der Waals surface area contributed by atoms with Gasteiger partial charge < -0.3 is 51.5 Å². The molecule has 7 amide bonds. The fraction of sp³-hybridized carbons (Fsp3) is 0.286. The number of aromatic nitrogens is 2. The number of halogens is 8. The molecule has 0 saturated heterocycles. The molecule has 0 aliphatic carbocycles. The maximum Gasteiger partial charge on any atom is 0.408 e. The number of nitrogens with one attached hydrogen (secondary N) is 3. The molecule has 0 fully saturated rings. The van der Waals surface area contributed by atoms with Crippen LogP contribution in [0.3, 0.4) is 0 Å². The predicted octanol–water partition coefficient (Wildman–Crippen LogP) is 10.9. The molecule has 6 aromatic rings. The topological polar surface area (TPSA) is 280 Å². The number of primary amides is 2. The van der Waals surface area contributed by atoms with E-state index in [2.05, 4.69) is 25.9 Å². The third-order valence-electron chi connectivity index (χ3n) is 10.8. The Hall–Kier alpha value is -9.60. The van der Waals surface area contributed by atoms with Crippen LogP contribution in [0, 0.1) is 52.5 Å². The van der Waals surface area contributed by atoms with Crippen molar-refractivity contribution >= 4 is 59.3 Å².